The molecule has 0 radical (unpaired) electrons. The van der Waals surface area contributed by atoms with Gasteiger partial charge in [0.15, 0.2) is 23.0 Å². The van der Waals surface area contributed by atoms with Crippen molar-refractivity contribution in [1.82, 2.24) is 5.32 Å². The monoisotopic (exact) mass is 333 g/mol. The zero-order valence-corrected chi connectivity index (χ0v) is 13.2. The molecule has 0 aromatic heterocycles. The summed E-state index contributed by atoms with van der Waals surface area (Å²) >= 11 is 6.24. The van der Waals surface area contributed by atoms with Gasteiger partial charge < -0.3 is 24.3 Å². The van der Waals surface area contributed by atoms with E-state index in [9.17, 15) is 0 Å². The van der Waals surface area contributed by atoms with Gasteiger partial charge in [-0.2, -0.15) is 0 Å². The number of hydrogen-bond donors (Lipinski definition) is 1. The Morgan fingerprint density at radius 2 is 1.61 bits per heavy atom. The van der Waals surface area contributed by atoms with Crippen molar-refractivity contribution in [2.24, 2.45) is 0 Å². The van der Waals surface area contributed by atoms with Gasteiger partial charge in [-0.3, -0.25) is 0 Å². The molecule has 0 amide bonds. The Hall–Kier alpha value is -2.11. The van der Waals surface area contributed by atoms with Gasteiger partial charge in [0.1, 0.15) is 13.2 Å². The molecule has 0 aliphatic carbocycles. The summed E-state index contributed by atoms with van der Waals surface area (Å²) in [4.78, 5) is 0. The van der Waals surface area contributed by atoms with E-state index in [1.807, 2.05) is 30.3 Å². The minimum atomic E-state index is 0.294. The van der Waals surface area contributed by atoms with Crippen molar-refractivity contribution in [2.75, 3.05) is 20.0 Å². The summed E-state index contributed by atoms with van der Waals surface area (Å²) in [5.41, 5.74) is 2.19. The third-order valence-electron chi connectivity index (χ3n) is 3.75. The molecule has 1 N–H and O–H groups in total. The van der Waals surface area contributed by atoms with Crippen LogP contribution in [0.4, 0.5) is 0 Å². The fourth-order valence-electron chi connectivity index (χ4n) is 2.67. The first-order valence-corrected chi connectivity index (χ1v) is 7.85. The van der Waals surface area contributed by atoms with E-state index in [1.165, 1.54) is 0 Å². The van der Waals surface area contributed by atoms with Crippen molar-refractivity contribution in [3.63, 3.8) is 0 Å². The molecule has 0 unspecified atom stereocenters. The van der Waals surface area contributed by atoms with Gasteiger partial charge in [0.05, 0.1) is 5.02 Å². The maximum Gasteiger partial charge on any atom is 0.231 e. The lowest BCUT2D eigenvalue weighted by Gasteiger charge is -2.20. The maximum atomic E-state index is 6.24. The van der Waals surface area contributed by atoms with E-state index >= 15 is 0 Å². The van der Waals surface area contributed by atoms with E-state index in [0.717, 1.165) is 29.2 Å². The molecule has 120 valence electrons. The van der Waals surface area contributed by atoms with Crippen LogP contribution in [0.3, 0.4) is 0 Å². The predicted molar refractivity (Wildman–Crippen MR) is 85.6 cm³/mol. The van der Waals surface area contributed by atoms with Crippen LogP contribution in [0.1, 0.15) is 11.1 Å². The van der Waals surface area contributed by atoms with Crippen molar-refractivity contribution in [2.45, 2.75) is 13.1 Å². The molecular weight excluding hydrogens is 318 g/mol. The molecule has 0 saturated carbocycles. The summed E-state index contributed by atoms with van der Waals surface area (Å²) in [7, 11) is 0. The summed E-state index contributed by atoms with van der Waals surface area (Å²) in [6.45, 7) is 2.79. The first-order chi connectivity index (χ1) is 11.3. The molecule has 0 atom stereocenters. The molecule has 2 aromatic carbocycles. The lowest BCUT2D eigenvalue weighted by Crippen LogP contribution is -2.17. The second-order valence-corrected chi connectivity index (χ2v) is 5.80. The van der Waals surface area contributed by atoms with Gasteiger partial charge in [-0.15, -0.1) is 0 Å². The molecule has 2 aromatic rings. The summed E-state index contributed by atoms with van der Waals surface area (Å²) in [5, 5.41) is 3.98. The van der Waals surface area contributed by atoms with Gasteiger partial charge in [0.25, 0.3) is 0 Å². The largest absolute Gasteiger partial charge is 0.486 e. The maximum absolute atomic E-state index is 6.24. The first-order valence-electron chi connectivity index (χ1n) is 7.47. The van der Waals surface area contributed by atoms with Crippen LogP contribution >= 0.6 is 11.6 Å². The van der Waals surface area contributed by atoms with E-state index in [4.69, 9.17) is 30.5 Å². The smallest absolute Gasteiger partial charge is 0.231 e. The first kappa shape index (κ1) is 14.5. The molecule has 0 spiro atoms. The highest BCUT2D eigenvalue weighted by atomic mass is 35.5. The number of hydrogen-bond acceptors (Lipinski definition) is 5. The van der Waals surface area contributed by atoms with Crippen LogP contribution in [0.25, 0.3) is 0 Å². The summed E-state index contributed by atoms with van der Waals surface area (Å²) in [6.07, 6.45) is 0. The Bertz CT molecular complexity index is 735. The van der Waals surface area contributed by atoms with Crippen molar-refractivity contribution < 1.29 is 18.9 Å². The van der Waals surface area contributed by atoms with E-state index in [1.54, 1.807) is 0 Å². The second-order valence-electron chi connectivity index (χ2n) is 5.39. The summed E-state index contributed by atoms with van der Waals surface area (Å²) in [6, 6.07) is 9.82. The zero-order chi connectivity index (χ0) is 15.6. The van der Waals surface area contributed by atoms with Gasteiger partial charge in [-0.25, -0.2) is 0 Å². The van der Waals surface area contributed by atoms with Crippen LogP contribution in [0.5, 0.6) is 23.0 Å². The molecule has 2 aliphatic rings. The van der Waals surface area contributed by atoms with Crippen LogP contribution in [-0.2, 0) is 13.1 Å². The Morgan fingerprint density at radius 1 is 0.826 bits per heavy atom. The highest BCUT2D eigenvalue weighted by Crippen LogP contribution is 2.38. The molecule has 0 fully saturated rings. The number of benzene rings is 2. The van der Waals surface area contributed by atoms with E-state index in [0.29, 0.717) is 43.1 Å². The van der Waals surface area contributed by atoms with Crippen molar-refractivity contribution in [3.05, 3.63) is 46.5 Å². The van der Waals surface area contributed by atoms with Crippen LogP contribution in [-0.4, -0.2) is 20.0 Å². The molecule has 4 rings (SSSR count). The second kappa shape index (κ2) is 6.18. The number of nitrogens with one attached hydrogen (secondary N) is 1. The molecule has 0 bridgehead atoms. The Kier molecular flexibility index (Phi) is 3.89. The molecule has 6 heteroatoms. The summed E-state index contributed by atoms with van der Waals surface area (Å²) in [5.74, 6) is 2.94. The third kappa shape index (κ3) is 3.02. The van der Waals surface area contributed by atoms with E-state index < -0.39 is 0 Å². The van der Waals surface area contributed by atoms with Crippen molar-refractivity contribution in [1.29, 1.82) is 0 Å². The molecule has 0 saturated heterocycles. The van der Waals surface area contributed by atoms with Crippen molar-refractivity contribution in [3.8, 4) is 23.0 Å². The molecular formula is C17H16ClNO4. The number of halogens is 1. The van der Waals surface area contributed by atoms with Crippen LogP contribution in [0.2, 0.25) is 5.02 Å². The van der Waals surface area contributed by atoms with Gasteiger partial charge >= 0.3 is 0 Å². The fraction of sp³-hybridized carbons (Fsp3) is 0.294. The van der Waals surface area contributed by atoms with Crippen LogP contribution < -0.4 is 24.3 Å². The summed E-state index contributed by atoms with van der Waals surface area (Å²) < 4.78 is 21.8. The SMILES string of the molecule is Clc1cc(CNCc2ccc3c(c2)OCO3)cc2c1OCCO2. The Labute approximate surface area is 139 Å². The molecule has 2 heterocycles. The Balaban J connectivity index is 1.40. The van der Waals surface area contributed by atoms with Gasteiger partial charge in [0, 0.05) is 13.1 Å². The quantitative estimate of drug-likeness (QED) is 0.931. The normalized spacial score (nSPS) is 14.8. The average Bonchev–Trinajstić information content (AvgIpc) is 3.03. The molecule has 23 heavy (non-hydrogen) atoms. The number of rotatable bonds is 4. The third-order valence-corrected chi connectivity index (χ3v) is 4.03. The average molecular weight is 334 g/mol. The number of ether oxygens (including phenoxy) is 4. The fourth-order valence-corrected chi connectivity index (χ4v) is 2.96. The number of fused-ring (bicyclic) bond motifs is 2. The minimum absolute atomic E-state index is 0.294. The van der Waals surface area contributed by atoms with Crippen LogP contribution in [0, 0.1) is 0 Å². The van der Waals surface area contributed by atoms with E-state index in [2.05, 4.69) is 5.32 Å². The highest BCUT2D eigenvalue weighted by molar-refractivity contribution is 6.32. The Morgan fingerprint density at radius 3 is 2.57 bits per heavy atom. The molecule has 5 nitrogen and oxygen atoms in total. The topological polar surface area (TPSA) is 49.0 Å². The molecule has 2 aliphatic heterocycles. The lowest BCUT2D eigenvalue weighted by atomic mass is 10.1. The highest BCUT2D eigenvalue weighted by Gasteiger charge is 2.17. The lowest BCUT2D eigenvalue weighted by molar-refractivity contribution is 0.171. The van der Waals surface area contributed by atoms with Gasteiger partial charge in [0.2, 0.25) is 6.79 Å². The minimum Gasteiger partial charge on any atom is -0.486 e. The standard InChI is InChI=1S/C17H16ClNO4/c18-13-5-12(7-16-17(13)21-4-3-20-16)9-19-8-11-1-2-14-15(6-11)23-10-22-14/h1-2,5-7,19H,3-4,8-10H2. The predicted octanol–water partition coefficient (Wildman–Crippen LogP) is 3.13. The zero-order valence-electron chi connectivity index (χ0n) is 12.4. The van der Waals surface area contributed by atoms with Gasteiger partial charge in [-0.1, -0.05) is 17.7 Å². The van der Waals surface area contributed by atoms with E-state index in [-0.39, 0.29) is 0 Å². The van der Waals surface area contributed by atoms with Gasteiger partial charge in [-0.05, 0) is 35.4 Å². The van der Waals surface area contributed by atoms with Crippen molar-refractivity contribution >= 4 is 11.6 Å². The van der Waals surface area contributed by atoms with Crippen LogP contribution in [0.15, 0.2) is 30.3 Å².